The van der Waals surface area contributed by atoms with E-state index in [4.69, 9.17) is 9.47 Å². The zero-order valence-corrected chi connectivity index (χ0v) is 16.7. The van der Waals surface area contributed by atoms with Crippen LogP contribution in [0.1, 0.15) is 34.7 Å². The minimum Gasteiger partial charge on any atom is -0.494 e. The van der Waals surface area contributed by atoms with Crippen LogP contribution in [0.4, 0.5) is 0 Å². The number of carbonyl (C=O) groups excluding carboxylic acids is 2. The van der Waals surface area contributed by atoms with E-state index in [1.165, 1.54) is 6.92 Å². The summed E-state index contributed by atoms with van der Waals surface area (Å²) in [6, 6.07) is 13.0. The van der Waals surface area contributed by atoms with Crippen LogP contribution in [0.5, 0.6) is 5.75 Å². The molecule has 156 valence electrons. The molecule has 0 aliphatic heterocycles. The summed E-state index contributed by atoms with van der Waals surface area (Å²) in [5.74, 6) is -0.565. The lowest BCUT2D eigenvalue weighted by molar-refractivity contribution is 0.0312. The van der Waals surface area contributed by atoms with Gasteiger partial charge in [-0.2, -0.15) is 5.10 Å². The number of hydrogen-bond acceptors (Lipinski definition) is 7. The van der Waals surface area contributed by atoms with Crippen LogP contribution in [0.3, 0.4) is 0 Å². The average molecular weight is 410 g/mol. The third-order valence-corrected chi connectivity index (χ3v) is 4.48. The molecule has 3 rings (SSSR count). The number of aliphatic hydroxyl groups excluding tert-OH is 1. The third kappa shape index (κ3) is 4.38. The molecule has 0 saturated carbocycles. The SMILES string of the molecule is CCOc1ccc(C(=O)[C@@H](C)OC(=O)c2nn(CCO)c(=O)c3ccccc23)cc1. The predicted octanol–water partition coefficient (Wildman–Crippen LogP) is 2.22. The van der Waals surface area contributed by atoms with Crippen LogP contribution < -0.4 is 10.3 Å². The molecule has 8 heteroatoms. The first-order valence-electron chi connectivity index (χ1n) is 9.55. The van der Waals surface area contributed by atoms with Crippen molar-refractivity contribution < 1.29 is 24.2 Å². The maximum atomic E-state index is 12.8. The number of nitrogens with zero attached hydrogens (tertiary/aromatic N) is 2. The van der Waals surface area contributed by atoms with Gasteiger partial charge in [-0.15, -0.1) is 0 Å². The van der Waals surface area contributed by atoms with Crippen molar-refractivity contribution in [3.8, 4) is 5.75 Å². The molecule has 0 bridgehead atoms. The molecule has 0 radical (unpaired) electrons. The van der Waals surface area contributed by atoms with Crippen molar-refractivity contribution in [3.63, 3.8) is 0 Å². The van der Waals surface area contributed by atoms with Crippen molar-refractivity contribution in [3.05, 3.63) is 70.1 Å². The highest BCUT2D eigenvalue weighted by molar-refractivity contribution is 6.05. The summed E-state index contributed by atoms with van der Waals surface area (Å²) in [6.45, 7) is 3.47. The summed E-state index contributed by atoms with van der Waals surface area (Å²) < 4.78 is 11.7. The van der Waals surface area contributed by atoms with E-state index in [-0.39, 0.29) is 30.0 Å². The van der Waals surface area contributed by atoms with Crippen LogP contribution in [-0.4, -0.2) is 46.0 Å². The number of hydrogen-bond donors (Lipinski definition) is 1. The first kappa shape index (κ1) is 21.2. The lowest BCUT2D eigenvalue weighted by Crippen LogP contribution is -2.30. The molecule has 0 saturated heterocycles. The maximum Gasteiger partial charge on any atom is 0.360 e. The van der Waals surface area contributed by atoms with Gasteiger partial charge in [0.1, 0.15) is 5.75 Å². The molecule has 0 aliphatic carbocycles. The van der Waals surface area contributed by atoms with Gasteiger partial charge >= 0.3 is 5.97 Å². The fourth-order valence-corrected chi connectivity index (χ4v) is 3.02. The molecule has 8 nitrogen and oxygen atoms in total. The molecule has 0 aliphatic rings. The molecular weight excluding hydrogens is 388 g/mol. The van der Waals surface area contributed by atoms with E-state index >= 15 is 0 Å². The number of rotatable bonds is 8. The van der Waals surface area contributed by atoms with Crippen LogP contribution in [0, 0.1) is 0 Å². The Morgan fingerprint density at radius 3 is 2.40 bits per heavy atom. The Morgan fingerprint density at radius 1 is 1.10 bits per heavy atom. The van der Waals surface area contributed by atoms with Gasteiger partial charge in [-0.05, 0) is 44.2 Å². The minimum atomic E-state index is -1.06. The number of ether oxygens (including phenoxy) is 2. The number of aromatic nitrogens is 2. The number of fused-ring (bicyclic) bond motifs is 1. The zero-order chi connectivity index (χ0) is 21.7. The zero-order valence-electron chi connectivity index (χ0n) is 16.7. The van der Waals surface area contributed by atoms with Crippen molar-refractivity contribution >= 4 is 22.5 Å². The van der Waals surface area contributed by atoms with Gasteiger partial charge < -0.3 is 14.6 Å². The fourth-order valence-electron chi connectivity index (χ4n) is 3.02. The second-order valence-corrected chi connectivity index (χ2v) is 6.52. The number of carbonyl (C=O) groups is 2. The Kier molecular flexibility index (Phi) is 6.58. The predicted molar refractivity (Wildman–Crippen MR) is 110 cm³/mol. The summed E-state index contributed by atoms with van der Waals surface area (Å²) in [5.41, 5.74) is -0.137. The third-order valence-electron chi connectivity index (χ3n) is 4.48. The Labute approximate surface area is 172 Å². The monoisotopic (exact) mass is 410 g/mol. The summed E-state index contributed by atoms with van der Waals surface area (Å²) in [4.78, 5) is 37.9. The van der Waals surface area contributed by atoms with Crippen molar-refractivity contribution in [2.45, 2.75) is 26.5 Å². The van der Waals surface area contributed by atoms with Gasteiger partial charge in [-0.1, -0.05) is 18.2 Å². The van der Waals surface area contributed by atoms with Crippen LogP contribution in [0.15, 0.2) is 53.3 Å². The smallest absolute Gasteiger partial charge is 0.360 e. The molecule has 30 heavy (non-hydrogen) atoms. The molecule has 1 N–H and O–H groups in total. The minimum absolute atomic E-state index is 0.0649. The molecule has 1 heterocycles. The van der Waals surface area contributed by atoms with Gasteiger partial charge in [0, 0.05) is 10.9 Å². The van der Waals surface area contributed by atoms with E-state index in [0.717, 1.165) is 4.68 Å². The highest BCUT2D eigenvalue weighted by Gasteiger charge is 2.24. The first-order chi connectivity index (χ1) is 14.5. The normalized spacial score (nSPS) is 11.8. The Hall–Kier alpha value is -3.52. The summed E-state index contributed by atoms with van der Waals surface area (Å²) in [5, 5.41) is 13.8. The number of Topliss-reactive ketones (excluding diaryl/α,β-unsaturated/α-hetero) is 1. The second-order valence-electron chi connectivity index (χ2n) is 6.52. The van der Waals surface area contributed by atoms with Crippen molar-refractivity contribution in [2.75, 3.05) is 13.2 Å². The van der Waals surface area contributed by atoms with Gasteiger partial charge in [0.05, 0.1) is 25.1 Å². The van der Waals surface area contributed by atoms with Crippen molar-refractivity contribution in [1.29, 1.82) is 0 Å². The van der Waals surface area contributed by atoms with Gasteiger partial charge in [-0.3, -0.25) is 9.59 Å². The van der Waals surface area contributed by atoms with Crippen LogP contribution in [0.2, 0.25) is 0 Å². The lowest BCUT2D eigenvalue weighted by Gasteiger charge is -2.14. The van der Waals surface area contributed by atoms with Crippen LogP contribution in [0.25, 0.3) is 10.8 Å². The van der Waals surface area contributed by atoms with E-state index < -0.39 is 17.6 Å². The maximum absolute atomic E-state index is 12.8. The highest BCUT2D eigenvalue weighted by Crippen LogP contribution is 2.17. The van der Waals surface area contributed by atoms with E-state index in [1.54, 1.807) is 48.5 Å². The molecule has 3 aromatic rings. The quantitative estimate of drug-likeness (QED) is 0.448. The molecule has 1 atom stereocenters. The van der Waals surface area contributed by atoms with Gasteiger partial charge in [0.2, 0.25) is 5.78 Å². The van der Waals surface area contributed by atoms with Gasteiger partial charge in [0.15, 0.2) is 11.8 Å². The second kappa shape index (κ2) is 9.32. The Bertz CT molecular complexity index is 1120. The fraction of sp³-hybridized carbons (Fsp3) is 0.273. The number of esters is 1. The van der Waals surface area contributed by atoms with Crippen LogP contribution >= 0.6 is 0 Å². The van der Waals surface area contributed by atoms with Crippen molar-refractivity contribution in [1.82, 2.24) is 9.78 Å². The summed E-state index contributed by atoms with van der Waals surface area (Å²) in [7, 11) is 0. The Morgan fingerprint density at radius 2 is 1.77 bits per heavy atom. The van der Waals surface area contributed by atoms with E-state index in [0.29, 0.717) is 23.3 Å². The molecular formula is C22H22N2O6. The molecule has 1 aromatic heterocycles. The van der Waals surface area contributed by atoms with Crippen LogP contribution in [-0.2, 0) is 11.3 Å². The molecule has 2 aromatic carbocycles. The Balaban J connectivity index is 1.86. The van der Waals surface area contributed by atoms with E-state index in [9.17, 15) is 19.5 Å². The van der Waals surface area contributed by atoms with Gasteiger partial charge in [0.25, 0.3) is 5.56 Å². The molecule has 0 unspecified atom stereocenters. The number of aliphatic hydroxyl groups is 1. The molecule has 0 fully saturated rings. The largest absolute Gasteiger partial charge is 0.494 e. The van der Waals surface area contributed by atoms with E-state index in [2.05, 4.69) is 5.10 Å². The molecule has 0 amide bonds. The topological polar surface area (TPSA) is 108 Å². The van der Waals surface area contributed by atoms with E-state index in [1.807, 2.05) is 6.92 Å². The number of ketones is 1. The summed E-state index contributed by atoms with van der Waals surface area (Å²) >= 11 is 0. The lowest BCUT2D eigenvalue weighted by atomic mass is 10.1. The average Bonchev–Trinajstić information content (AvgIpc) is 2.76. The van der Waals surface area contributed by atoms with Crippen molar-refractivity contribution in [2.24, 2.45) is 0 Å². The standard InChI is InChI=1S/C22H22N2O6/c1-3-29-16-10-8-15(9-11-16)20(26)14(2)30-22(28)19-17-6-4-5-7-18(17)21(27)24(23-19)12-13-25/h4-11,14,25H,3,12-13H2,1-2H3/t14-/m1/s1. The first-order valence-corrected chi connectivity index (χ1v) is 9.55. The summed E-state index contributed by atoms with van der Waals surface area (Å²) in [6.07, 6.45) is -1.06. The van der Waals surface area contributed by atoms with Gasteiger partial charge in [-0.25, -0.2) is 9.48 Å². The molecule has 0 spiro atoms. The number of benzene rings is 2. The highest BCUT2D eigenvalue weighted by atomic mass is 16.5.